The van der Waals surface area contributed by atoms with E-state index in [0.717, 1.165) is 38.1 Å². The highest BCUT2D eigenvalue weighted by atomic mass is 19.2. The Balaban J connectivity index is 1.94. The fraction of sp³-hybridized carbons (Fsp3) is 0.533. The van der Waals surface area contributed by atoms with Crippen LogP contribution < -0.4 is 10.6 Å². The van der Waals surface area contributed by atoms with Crippen molar-refractivity contribution in [3.8, 4) is 0 Å². The summed E-state index contributed by atoms with van der Waals surface area (Å²) in [7, 11) is 0. The first kappa shape index (κ1) is 15.8. The number of hydrogen-bond acceptors (Lipinski definition) is 2. The number of benzene rings is 1. The molecule has 1 aliphatic rings. The van der Waals surface area contributed by atoms with Crippen molar-refractivity contribution < 1.29 is 18.0 Å². The molecule has 2 atom stereocenters. The lowest BCUT2D eigenvalue weighted by atomic mass is 9.85. The first-order valence-electron chi connectivity index (χ1n) is 7.13. The summed E-state index contributed by atoms with van der Waals surface area (Å²) in [6, 6.07) is 1.82. The Morgan fingerprint density at radius 2 is 2.14 bits per heavy atom. The SMILES string of the molecule is CC(CC(=O)Nc1ccc(F)c(F)c1F)C1CCCNC1. The van der Waals surface area contributed by atoms with E-state index in [2.05, 4.69) is 10.6 Å². The first-order valence-corrected chi connectivity index (χ1v) is 7.13. The van der Waals surface area contributed by atoms with Crippen LogP contribution in [0.3, 0.4) is 0 Å². The molecule has 1 aromatic carbocycles. The van der Waals surface area contributed by atoms with Crippen molar-refractivity contribution in [1.82, 2.24) is 5.32 Å². The molecule has 116 valence electrons. The van der Waals surface area contributed by atoms with E-state index in [1.807, 2.05) is 6.92 Å². The Hall–Kier alpha value is -1.56. The van der Waals surface area contributed by atoms with E-state index in [0.29, 0.717) is 5.92 Å². The van der Waals surface area contributed by atoms with Gasteiger partial charge in [0.15, 0.2) is 17.5 Å². The molecule has 1 saturated heterocycles. The summed E-state index contributed by atoms with van der Waals surface area (Å²) in [5.74, 6) is -4.05. The Morgan fingerprint density at radius 1 is 1.38 bits per heavy atom. The van der Waals surface area contributed by atoms with Gasteiger partial charge in [0.2, 0.25) is 5.91 Å². The summed E-state index contributed by atoms with van der Waals surface area (Å²) in [6.45, 7) is 3.84. The molecule has 1 heterocycles. The number of hydrogen-bond donors (Lipinski definition) is 2. The zero-order valence-corrected chi connectivity index (χ0v) is 11.9. The van der Waals surface area contributed by atoms with Crippen molar-refractivity contribution >= 4 is 11.6 Å². The zero-order chi connectivity index (χ0) is 15.4. The average molecular weight is 300 g/mol. The van der Waals surface area contributed by atoms with Gasteiger partial charge < -0.3 is 10.6 Å². The molecule has 0 aromatic heterocycles. The third kappa shape index (κ3) is 3.97. The van der Waals surface area contributed by atoms with Crippen molar-refractivity contribution in [2.75, 3.05) is 18.4 Å². The van der Waals surface area contributed by atoms with Gasteiger partial charge >= 0.3 is 0 Å². The van der Waals surface area contributed by atoms with E-state index in [4.69, 9.17) is 0 Å². The molecule has 0 saturated carbocycles. The van der Waals surface area contributed by atoms with Gasteiger partial charge in [-0.15, -0.1) is 0 Å². The van der Waals surface area contributed by atoms with Crippen LogP contribution in [0.5, 0.6) is 0 Å². The maximum atomic E-state index is 13.5. The second-order valence-electron chi connectivity index (χ2n) is 5.56. The molecular formula is C15H19F3N2O. The lowest BCUT2D eigenvalue weighted by Gasteiger charge is -2.28. The van der Waals surface area contributed by atoms with Gasteiger partial charge in [-0.05, 0) is 49.9 Å². The van der Waals surface area contributed by atoms with Gasteiger partial charge in [-0.3, -0.25) is 4.79 Å². The van der Waals surface area contributed by atoms with Crippen LogP contribution in [-0.2, 0) is 4.79 Å². The minimum Gasteiger partial charge on any atom is -0.323 e. The molecule has 0 spiro atoms. The highest BCUT2D eigenvalue weighted by Crippen LogP contribution is 2.24. The van der Waals surface area contributed by atoms with E-state index < -0.39 is 23.4 Å². The molecule has 21 heavy (non-hydrogen) atoms. The van der Waals surface area contributed by atoms with Gasteiger partial charge in [0.05, 0.1) is 5.69 Å². The Morgan fingerprint density at radius 3 is 2.81 bits per heavy atom. The maximum Gasteiger partial charge on any atom is 0.224 e. The number of piperidine rings is 1. The minimum absolute atomic E-state index is 0.145. The molecule has 0 bridgehead atoms. The summed E-state index contributed by atoms with van der Waals surface area (Å²) in [5, 5.41) is 5.59. The number of anilines is 1. The van der Waals surface area contributed by atoms with E-state index in [-0.39, 0.29) is 18.0 Å². The summed E-state index contributed by atoms with van der Waals surface area (Å²) in [6.07, 6.45) is 2.36. The van der Waals surface area contributed by atoms with Crippen LogP contribution in [0.15, 0.2) is 12.1 Å². The predicted molar refractivity (Wildman–Crippen MR) is 74.3 cm³/mol. The molecule has 6 heteroatoms. The molecule has 0 aliphatic carbocycles. The fourth-order valence-electron chi connectivity index (χ4n) is 2.65. The van der Waals surface area contributed by atoms with E-state index in [1.54, 1.807) is 0 Å². The van der Waals surface area contributed by atoms with E-state index in [1.165, 1.54) is 0 Å². The summed E-state index contributed by atoms with van der Waals surface area (Å²) in [4.78, 5) is 11.9. The molecular weight excluding hydrogens is 281 g/mol. The second kappa shape index (κ2) is 6.93. The van der Waals surface area contributed by atoms with Crippen LogP contribution in [-0.4, -0.2) is 19.0 Å². The van der Waals surface area contributed by atoms with Crippen LogP contribution in [0, 0.1) is 29.3 Å². The summed E-state index contributed by atoms with van der Waals surface area (Å²) in [5.41, 5.74) is -0.326. The fourth-order valence-corrected chi connectivity index (χ4v) is 2.65. The largest absolute Gasteiger partial charge is 0.323 e. The zero-order valence-electron chi connectivity index (χ0n) is 11.9. The maximum absolute atomic E-state index is 13.5. The molecule has 2 N–H and O–H groups in total. The Kier molecular flexibility index (Phi) is 5.22. The Labute approximate surface area is 121 Å². The topological polar surface area (TPSA) is 41.1 Å². The first-order chi connectivity index (χ1) is 9.99. The molecule has 1 fully saturated rings. The van der Waals surface area contributed by atoms with Gasteiger partial charge in [0, 0.05) is 6.42 Å². The van der Waals surface area contributed by atoms with Gasteiger partial charge in [0.1, 0.15) is 0 Å². The number of carbonyl (C=O) groups excluding carboxylic acids is 1. The molecule has 3 nitrogen and oxygen atoms in total. The normalized spacial score (nSPS) is 20.1. The van der Waals surface area contributed by atoms with Gasteiger partial charge in [-0.25, -0.2) is 13.2 Å². The van der Waals surface area contributed by atoms with Crippen molar-refractivity contribution in [3.05, 3.63) is 29.6 Å². The van der Waals surface area contributed by atoms with Crippen molar-refractivity contribution in [1.29, 1.82) is 0 Å². The molecule has 1 aromatic rings. The Bertz CT molecular complexity index is 516. The third-order valence-electron chi connectivity index (χ3n) is 3.96. The third-order valence-corrected chi connectivity index (χ3v) is 3.96. The summed E-state index contributed by atoms with van der Waals surface area (Å²) >= 11 is 0. The lowest BCUT2D eigenvalue weighted by Crippen LogP contribution is -2.34. The molecule has 0 radical (unpaired) electrons. The van der Waals surface area contributed by atoms with Crippen LogP contribution in [0.1, 0.15) is 26.2 Å². The van der Waals surface area contributed by atoms with Crippen molar-refractivity contribution in [2.45, 2.75) is 26.2 Å². The molecule has 1 amide bonds. The van der Waals surface area contributed by atoms with Gasteiger partial charge in [0.25, 0.3) is 0 Å². The van der Waals surface area contributed by atoms with Crippen molar-refractivity contribution in [3.63, 3.8) is 0 Å². The van der Waals surface area contributed by atoms with E-state index in [9.17, 15) is 18.0 Å². The average Bonchev–Trinajstić information content (AvgIpc) is 2.49. The van der Waals surface area contributed by atoms with E-state index >= 15 is 0 Å². The number of carbonyl (C=O) groups is 1. The van der Waals surface area contributed by atoms with Gasteiger partial charge in [-0.2, -0.15) is 0 Å². The number of nitrogens with one attached hydrogen (secondary N) is 2. The monoisotopic (exact) mass is 300 g/mol. The number of rotatable bonds is 4. The molecule has 2 rings (SSSR count). The number of amides is 1. The smallest absolute Gasteiger partial charge is 0.224 e. The number of halogens is 3. The van der Waals surface area contributed by atoms with Gasteiger partial charge in [-0.1, -0.05) is 6.92 Å². The second-order valence-corrected chi connectivity index (χ2v) is 5.56. The van der Waals surface area contributed by atoms with Crippen LogP contribution in [0.2, 0.25) is 0 Å². The highest BCUT2D eigenvalue weighted by molar-refractivity contribution is 5.90. The summed E-state index contributed by atoms with van der Waals surface area (Å²) < 4.78 is 39.4. The minimum atomic E-state index is -1.57. The quantitative estimate of drug-likeness (QED) is 0.839. The standard InChI is InChI=1S/C15H19F3N2O/c1-9(10-3-2-6-19-8-10)7-13(21)20-12-5-4-11(16)14(17)15(12)18/h4-5,9-10,19H,2-3,6-8H2,1H3,(H,20,21). The molecule has 2 unspecified atom stereocenters. The predicted octanol–water partition coefficient (Wildman–Crippen LogP) is 3.07. The van der Waals surface area contributed by atoms with Crippen LogP contribution in [0.4, 0.5) is 18.9 Å². The molecule has 1 aliphatic heterocycles. The van der Waals surface area contributed by atoms with Crippen molar-refractivity contribution in [2.24, 2.45) is 11.8 Å². The lowest BCUT2D eigenvalue weighted by molar-refractivity contribution is -0.117. The highest BCUT2D eigenvalue weighted by Gasteiger charge is 2.23. The van der Waals surface area contributed by atoms with Crippen LogP contribution >= 0.6 is 0 Å². The van der Waals surface area contributed by atoms with Crippen LogP contribution in [0.25, 0.3) is 0 Å².